The van der Waals surface area contributed by atoms with Crippen LogP contribution in [-0.4, -0.2) is 48.3 Å². The van der Waals surface area contributed by atoms with Crippen LogP contribution in [0.2, 0.25) is 0 Å². The lowest BCUT2D eigenvalue weighted by atomic mass is 9.84. The van der Waals surface area contributed by atoms with Crippen molar-refractivity contribution in [2.75, 3.05) is 20.1 Å². The zero-order chi connectivity index (χ0) is 16.8. The van der Waals surface area contributed by atoms with E-state index in [1.54, 1.807) is 0 Å². The summed E-state index contributed by atoms with van der Waals surface area (Å²) in [5, 5.41) is 11.4. The third-order valence-electron chi connectivity index (χ3n) is 2.79. The Morgan fingerprint density at radius 2 is 1.76 bits per heavy atom. The summed E-state index contributed by atoms with van der Waals surface area (Å²) in [4.78, 5) is 23.6. The Bertz CT molecular complexity index is 365. The first kappa shape index (κ1) is 19.5. The second-order valence-corrected chi connectivity index (χ2v) is 6.27. The number of carboxylic acid groups (broad SMARTS) is 1. The Kier molecular flexibility index (Phi) is 6.99. The molecule has 0 aliphatic heterocycles. The number of amides is 2. The predicted molar refractivity (Wildman–Crippen MR) is 71.9 cm³/mol. The maximum atomic E-state index is 12.0. The fourth-order valence-electron chi connectivity index (χ4n) is 1.73. The number of halogens is 3. The highest BCUT2D eigenvalue weighted by Crippen LogP contribution is 2.24. The summed E-state index contributed by atoms with van der Waals surface area (Å²) in [7, 11) is 1.24. The number of nitrogens with zero attached hydrogens (tertiary/aromatic N) is 1. The number of urea groups is 1. The molecule has 0 rings (SSSR count). The zero-order valence-electron chi connectivity index (χ0n) is 12.8. The Morgan fingerprint density at radius 1 is 1.24 bits per heavy atom. The molecule has 1 unspecified atom stereocenters. The molecule has 0 saturated carbocycles. The molecule has 0 fully saturated rings. The van der Waals surface area contributed by atoms with Crippen molar-refractivity contribution in [1.29, 1.82) is 0 Å². The Hall–Kier alpha value is -1.47. The first-order chi connectivity index (χ1) is 9.32. The van der Waals surface area contributed by atoms with Gasteiger partial charge in [0.1, 0.15) is 0 Å². The van der Waals surface area contributed by atoms with E-state index in [0.717, 1.165) is 4.90 Å². The van der Waals surface area contributed by atoms with E-state index < -0.39 is 37.1 Å². The molecular formula is C13H23F3N2O3. The molecule has 124 valence electrons. The molecule has 0 radical (unpaired) electrons. The van der Waals surface area contributed by atoms with E-state index >= 15 is 0 Å². The summed E-state index contributed by atoms with van der Waals surface area (Å²) < 4.78 is 36.1. The topological polar surface area (TPSA) is 69.6 Å². The van der Waals surface area contributed by atoms with Crippen LogP contribution in [0.1, 0.15) is 33.6 Å². The monoisotopic (exact) mass is 312 g/mol. The summed E-state index contributed by atoms with van der Waals surface area (Å²) in [5.74, 6) is -1.81. The Balaban J connectivity index is 4.33. The third-order valence-corrected chi connectivity index (χ3v) is 2.79. The van der Waals surface area contributed by atoms with Crippen molar-refractivity contribution in [1.82, 2.24) is 10.2 Å². The van der Waals surface area contributed by atoms with Crippen LogP contribution in [0.15, 0.2) is 0 Å². The average Bonchev–Trinajstić information content (AvgIpc) is 2.28. The average molecular weight is 312 g/mol. The van der Waals surface area contributed by atoms with Crippen LogP contribution in [0.4, 0.5) is 18.0 Å². The molecule has 21 heavy (non-hydrogen) atoms. The van der Waals surface area contributed by atoms with Gasteiger partial charge in [-0.05, 0) is 11.8 Å². The quantitative estimate of drug-likeness (QED) is 0.792. The van der Waals surface area contributed by atoms with Gasteiger partial charge in [0.25, 0.3) is 0 Å². The summed E-state index contributed by atoms with van der Waals surface area (Å²) in [6.45, 7) is 5.05. The van der Waals surface area contributed by atoms with Crippen molar-refractivity contribution in [3.63, 3.8) is 0 Å². The van der Waals surface area contributed by atoms with Crippen molar-refractivity contribution >= 4 is 12.0 Å². The molecule has 2 N–H and O–H groups in total. The molecule has 8 heteroatoms. The van der Waals surface area contributed by atoms with E-state index in [2.05, 4.69) is 5.32 Å². The van der Waals surface area contributed by atoms with E-state index in [4.69, 9.17) is 5.11 Å². The maximum absolute atomic E-state index is 12.0. The summed E-state index contributed by atoms with van der Waals surface area (Å²) in [5.41, 5.74) is -0.226. The normalized spacial score (nSPS) is 13.7. The fraction of sp³-hybridized carbons (Fsp3) is 0.846. The number of aliphatic carboxylic acids is 1. The van der Waals surface area contributed by atoms with Gasteiger partial charge in [-0.3, -0.25) is 4.79 Å². The highest BCUT2D eigenvalue weighted by atomic mass is 19.4. The van der Waals surface area contributed by atoms with Gasteiger partial charge in [0.2, 0.25) is 0 Å². The lowest BCUT2D eigenvalue weighted by molar-refractivity contribution is -0.142. The van der Waals surface area contributed by atoms with Gasteiger partial charge in [0.05, 0.1) is 12.3 Å². The number of rotatable bonds is 6. The van der Waals surface area contributed by atoms with Crippen LogP contribution in [-0.2, 0) is 4.79 Å². The van der Waals surface area contributed by atoms with Crippen LogP contribution in [0.3, 0.4) is 0 Å². The standard InChI is InChI=1S/C13H23F3N2O3/c1-12(2,3)7-9(10(19)20)8-17-11(21)18(4)6-5-13(14,15)16/h9H,5-8H2,1-4H3,(H,17,21)(H,19,20). The van der Waals surface area contributed by atoms with Gasteiger partial charge in [0, 0.05) is 20.1 Å². The summed E-state index contributed by atoms with van der Waals surface area (Å²) >= 11 is 0. The second-order valence-electron chi connectivity index (χ2n) is 6.27. The van der Waals surface area contributed by atoms with Gasteiger partial charge >= 0.3 is 18.2 Å². The SMILES string of the molecule is CN(CCC(F)(F)F)C(=O)NCC(CC(C)(C)C)C(=O)O. The molecule has 1 atom stereocenters. The first-order valence-electron chi connectivity index (χ1n) is 6.60. The molecule has 0 spiro atoms. The number of carbonyl (C=O) groups excluding carboxylic acids is 1. The van der Waals surface area contributed by atoms with Gasteiger partial charge < -0.3 is 15.3 Å². The van der Waals surface area contributed by atoms with Crippen molar-refractivity contribution in [3.8, 4) is 0 Å². The lowest BCUT2D eigenvalue weighted by Crippen LogP contribution is -2.42. The molecule has 0 aromatic carbocycles. The second kappa shape index (κ2) is 7.51. The molecule has 5 nitrogen and oxygen atoms in total. The minimum atomic E-state index is -4.33. The van der Waals surface area contributed by atoms with Crippen molar-refractivity contribution in [2.45, 2.75) is 39.8 Å². The maximum Gasteiger partial charge on any atom is 0.390 e. The number of hydrogen-bond donors (Lipinski definition) is 2. The molecule has 0 heterocycles. The van der Waals surface area contributed by atoms with Crippen LogP contribution in [0.25, 0.3) is 0 Å². The van der Waals surface area contributed by atoms with E-state index in [1.807, 2.05) is 20.8 Å². The lowest BCUT2D eigenvalue weighted by Gasteiger charge is -2.25. The van der Waals surface area contributed by atoms with Gasteiger partial charge in [-0.2, -0.15) is 13.2 Å². The van der Waals surface area contributed by atoms with E-state index in [9.17, 15) is 22.8 Å². The molecular weight excluding hydrogens is 289 g/mol. The number of nitrogens with one attached hydrogen (secondary N) is 1. The number of carbonyl (C=O) groups is 2. The van der Waals surface area contributed by atoms with Crippen LogP contribution in [0.5, 0.6) is 0 Å². The van der Waals surface area contributed by atoms with Crippen molar-refractivity contribution < 1.29 is 27.9 Å². The molecule has 0 aliphatic rings. The predicted octanol–water partition coefficient (Wildman–Crippen LogP) is 2.72. The van der Waals surface area contributed by atoms with E-state index in [0.29, 0.717) is 6.42 Å². The van der Waals surface area contributed by atoms with Gasteiger partial charge in [0.15, 0.2) is 0 Å². The van der Waals surface area contributed by atoms with Crippen LogP contribution < -0.4 is 5.32 Å². The Labute approximate surface area is 122 Å². The fourth-order valence-corrected chi connectivity index (χ4v) is 1.73. The molecule has 0 aromatic rings. The largest absolute Gasteiger partial charge is 0.481 e. The Morgan fingerprint density at radius 3 is 2.14 bits per heavy atom. The first-order valence-corrected chi connectivity index (χ1v) is 6.60. The highest BCUT2D eigenvalue weighted by molar-refractivity contribution is 5.75. The molecule has 0 bridgehead atoms. The molecule has 0 aliphatic carbocycles. The van der Waals surface area contributed by atoms with Crippen LogP contribution in [0, 0.1) is 11.3 Å². The highest BCUT2D eigenvalue weighted by Gasteiger charge is 2.29. The molecule has 2 amide bonds. The summed E-state index contributed by atoms with van der Waals surface area (Å²) in [6, 6.07) is -0.709. The van der Waals surface area contributed by atoms with E-state index in [1.165, 1.54) is 7.05 Å². The molecule has 0 saturated heterocycles. The smallest absolute Gasteiger partial charge is 0.390 e. The minimum absolute atomic E-state index is 0.109. The number of hydrogen-bond acceptors (Lipinski definition) is 2. The van der Waals surface area contributed by atoms with Gasteiger partial charge in [-0.15, -0.1) is 0 Å². The number of carboxylic acids is 1. The summed E-state index contributed by atoms with van der Waals surface area (Å²) in [6.07, 6.45) is -5.07. The van der Waals surface area contributed by atoms with Crippen LogP contribution >= 0.6 is 0 Å². The van der Waals surface area contributed by atoms with Gasteiger partial charge in [-0.25, -0.2) is 4.79 Å². The molecule has 0 aromatic heterocycles. The van der Waals surface area contributed by atoms with Gasteiger partial charge in [-0.1, -0.05) is 20.8 Å². The minimum Gasteiger partial charge on any atom is -0.481 e. The van der Waals surface area contributed by atoms with Crippen molar-refractivity contribution in [2.24, 2.45) is 11.3 Å². The third kappa shape index (κ3) is 9.97. The zero-order valence-corrected chi connectivity index (χ0v) is 12.8. The number of alkyl halides is 3. The van der Waals surface area contributed by atoms with E-state index in [-0.39, 0.29) is 12.0 Å². The van der Waals surface area contributed by atoms with Crippen molar-refractivity contribution in [3.05, 3.63) is 0 Å².